The number of carbonyl (C=O) groups is 4. The second-order valence-corrected chi connectivity index (χ2v) is 10.2. The maximum Gasteiger partial charge on any atom is 0.387 e. The molecule has 0 aliphatic heterocycles. The van der Waals surface area contributed by atoms with Crippen molar-refractivity contribution in [1.29, 1.82) is 0 Å². The van der Waals surface area contributed by atoms with Crippen LogP contribution in [-0.4, -0.2) is 54.2 Å². The van der Waals surface area contributed by atoms with Gasteiger partial charge in [-0.2, -0.15) is 8.78 Å². The zero-order valence-electron chi connectivity index (χ0n) is 22.2. The molecule has 222 valence electrons. The second kappa shape index (κ2) is 15.9. The third kappa shape index (κ3) is 10.7. The van der Waals surface area contributed by atoms with Gasteiger partial charge < -0.3 is 25.2 Å². The fourth-order valence-corrected chi connectivity index (χ4v) is 4.73. The topological polar surface area (TPSA) is 131 Å². The predicted octanol–water partition coefficient (Wildman–Crippen LogP) is 4.36. The minimum Gasteiger partial charge on any atom is -0.497 e. The molecule has 0 saturated heterocycles. The largest absolute Gasteiger partial charge is 0.497 e. The van der Waals surface area contributed by atoms with Gasteiger partial charge in [0.15, 0.2) is 5.78 Å². The molecule has 0 bridgehead atoms. The summed E-state index contributed by atoms with van der Waals surface area (Å²) in [6.07, 6.45) is 0.0576. The zero-order valence-corrected chi connectivity index (χ0v) is 23.8. The summed E-state index contributed by atoms with van der Waals surface area (Å²) < 4.78 is 49.1. The molecule has 2 aromatic rings. The molecule has 2 rings (SSSR count). The lowest BCUT2D eigenvalue weighted by molar-refractivity contribution is -0.132. The summed E-state index contributed by atoms with van der Waals surface area (Å²) in [6.45, 7) is 0.0496. The number of Topliss-reactive ketones (excluding diaryl/α,β-unsaturated/α-hetero) is 1. The first kappa shape index (κ1) is 33.5. The van der Waals surface area contributed by atoms with Gasteiger partial charge in [0.2, 0.25) is 11.8 Å². The molecule has 0 aliphatic carbocycles. The lowest BCUT2D eigenvalue weighted by Gasteiger charge is -2.22. The van der Waals surface area contributed by atoms with E-state index in [0.717, 1.165) is 11.8 Å². The molecule has 0 fully saturated rings. The van der Waals surface area contributed by atoms with Crippen molar-refractivity contribution < 1.29 is 46.9 Å². The smallest absolute Gasteiger partial charge is 0.387 e. The Bertz CT molecular complexity index is 1290. The highest BCUT2D eigenvalue weighted by molar-refractivity contribution is 7.99. The number of alkyl halides is 2. The molecular formula is C27H28ClF3N2O7S. The molecule has 2 aromatic carbocycles. The number of ketones is 1. The molecule has 41 heavy (non-hydrogen) atoms. The fraction of sp³-hybridized carbons (Fsp3) is 0.333. The number of benzene rings is 2. The Labute approximate surface area is 243 Å². The summed E-state index contributed by atoms with van der Waals surface area (Å²) in [5.41, 5.74) is -0.311. The Morgan fingerprint density at radius 1 is 1.15 bits per heavy atom. The number of methoxy groups -OCH3 is 1. The molecule has 0 unspecified atom stereocenters. The van der Waals surface area contributed by atoms with Gasteiger partial charge in [0.1, 0.15) is 23.4 Å². The van der Waals surface area contributed by atoms with Crippen molar-refractivity contribution in [2.75, 3.05) is 12.9 Å². The average molecular weight is 617 g/mol. The highest BCUT2D eigenvalue weighted by atomic mass is 35.5. The van der Waals surface area contributed by atoms with Crippen molar-refractivity contribution in [2.24, 2.45) is 5.92 Å². The minimum absolute atomic E-state index is 0.0117. The molecule has 0 radical (unpaired) electrons. The Morgan fingerprint density at radius 2 is 1.85 bits per heavy atom. The Morgan fingerprint density at radius 3 is 2.44 bits per heavy atom. The number of aliphatic carboxylic acids is 1. The highest BCUT2D eigenvalue weighted by Crippen LogP contribution is 2.27. The van der Waals surface area contributed by atoms with Crippen LogP contribution >= 0.6 is 23.4 Å². The predicted molar refractivity (Wildman–Crippen MR) is 147 cm³/mol. The van der Waals surface area contributed by atoms with Crippen LogP contribution in [0.4, 0.5) is 13.2 Å². The van der Waals surface area contributed by atoms with Crippen LogP contribution in [0.15, 0.2) is 48.2 Å². The van der Waals surface area contributed by atoms with Crippen LogP contribution in [0.5, 0.6) is 11.5 Å². The van der Waals surface area contributed by atoms with Gasteiger partial charge in [-0.3, -0.25) is 14.4 Å². The maximum atomic E-state index is 14.0. The quantitative estimate of drug-likeness (QED) is 0.252. The summed E-state index contributed by atoms with van der Waals surface area (Å²) in [6, 6.07) is 6.81. The molecule has 0 spiro atoms. The number of carbonyl (C=O) groups excluding carboxylic acids is 3. The van der Waals surface area contributed by atoms with Gasteiger partial charge >= 0.3 is 12.6 Å². The number of hydrogen-bond acceptors (Lipinski definition) is 7. The lowest BCUT2D eigenvalue weighted by atomic mass is 10.0. The molecule has 2 amide bonds. The molecule has 14 heteroatoms. The van der Waals surface area contributed by atoms with E-state index in [2.05, 4.69) is 15.4 Å². The molecule has 1 atom stereocenters. The number of ether oxygens (including phenoxy) is 2. The van der Waals surface area contributed by atoms with E-state index in [4.69, 9.17) is 16.3 Å². The average Bonchev–Trinajstić information content (AvgIpc) is 2.88. The highest BCUT2D eigenvalue weighted by Gasteiger charge is 2.27. The minimum atomic E-state index is -3.14. The number of amides is 2. The number of allylic oxidation sites excluding steroid dienone is 1. The van der Waals surface area contributed by atoms with Gasteiger partial charge in [0.05, 0.1) is 31.1 Å². The number of hydrogen-bond donors (Lipinski definition) is 3. The first-order chi connectivity index (χ1) is 19.3. The summed E-state index contributed by atoms with van der Waals surface area (Å²) in [4.78, 5) is 49.9. The monoisotopic (exact) mass is 616 g/mol. The SMILES string of the molecule is COc1ccc(OC(F)F)c(CC(=O)N[C@H](C(=O)NC(=CC(=O)O)C(=O)CSCc2c(F)cccc2Cl)C(C)C)c1. The molecular weight excluding hydrogens is 589 g/mol. The number of nitrogens with one attached hydrogen (secondary N) is 2. The summed E-state index contributed by atoms with van der Waals surface area (Å²) >= 11 is 6.94. The van der Waals surface area contributed by atoms with E-state index in [1.807, 2.05) is 0 Å². The lowest BCUT2D eigenvalue weighted by Crippen LogP contribution is -2.50. The fourth-order valence-electron chi connectivity index (χ4n) is 3.48. The van der Waals surface area contributed by atoms with E-state index in [-0.39, 0.29) is 39.2 Å². The Balaban J connectivity index is 2.12. The number of thioether (sulfide) groups is 1. The summed E-state index contributed by atoms with van der Waals surface area (Å²) in [5, 5.41) is 14.1. The maximum absolute atomic E-state index is 14.0. The standard InChI is InChI=1S/C27H28ClF3N2O7S/c1-14(2)25(33-23(35)10-15-9-16(39-3)7-8-22(15)40-27(30)31)26(38)32-20(11-24(36)37)21(34)13-41-12-17-18(28)5-4-6-19(17)29/h4-9,11,14,25,27H,10,12-13H2,1-3H3,(H,32,38)(H,33,35)(H,36,37)/t25-/m0/s1. The number of halogens is 4. The van der Waals surface area contributed by atoms with Crippen molar-refractivity contribution in [3.05, 3.63) is 70.1 Å². The molecule has 0 heterocycles. The van der Waals surface area contributed by atoms with E-state index in [0.29, 0.717) is 6.08 Å². The van der Waals surface area contributed by atoms with Crippen LogP contribution in [0, 0.1) is 11.7 Å². The first-order valence-corrected chi connectivity index (χ1v) is 13.6. The third-order valence-electron chi connectivity index (χ3n) is 5.47. The van der Waals surface area contributed by atoms with E-state index in [1.54, 1.807) is 13.8 Å². The van der Waals surface area contributed by atoms with E-state index >= 15 is 0 Å². The van der Waals surface area contributed by atoms with E-state index in [1.165, 1.54) is 43.5 Å². The molecule has 0 aromatic heterocycles. The third-order valence-corrected chi connectivity index (χ3v) is 6.78. The van der Waals surface area contributed by atoms with Gasteiger partial charge in [-0.15, -0.1) is 11.8 Å². The Kier molecular flexibility index (Phi) is 13.0. The van der Waals surface area contributed by atoms with Crippen LogP contribution in [0.2, 0.25) is 5.02 Å². The van der Waals surface area contributed by atoms with Gasteiger partial charge in [-0.05, 0) is 36.2 Å². The number of carboxylic acids is 1. The number of rotatable bonds is 15. The summed E-state index contributed by atoms with van der Waals surface area (Å²) in [7, 11) is 1.35. The van der Waals surface area contributed by atoms with E-state index in [9.17, 15) is 37.5 Å². The van der Waals surface area contributed by atoms with Gasteiger partial charge in [0, 0.05) is 21.9 Å². The van der Waals surface area contributed by atoms with Crippen LogP contribution < -0.4 is 20.1 Å². The molecule has 9 nitrogen and oxygen atoms in total. The van der Waals surface area contributed by atoms with Crippen molar-refractivity contribution in [3.8, 4) is 11.5 Å². The van der Waals surface area contributed by atoms with Gasteiger partial charge in [0.25, 0.3) is 0 Å². The molecule has 3 N–H and O–H groups in total. The number of carboxylic acid groups (broad SMARTS) is 1. The normalized spacial score (nSPS) is 12.2. The van der Waals surface area contributed by atoms with Gasteiger partial charge in [-0.1, -0.05) is 31.5 Å². The van der Waals surface area contributed by atoms with Crippen LogP contribution in [0.1, 0.15) is 25.0 Å². The van der Waals surface area contributed by atoms with Crippen LogP contribution in [0.3, 0.4) is 0 Å². The van der Waals surface area contributed by atoms with Crippen molar-refractivity contribution in [1.82, 2.24) is 10.6 Å². The van der Waals surface area contributed by atoms with Crippen molar-refractivity contribution in [3.63, 3.8) is 0 Å². The van der Waals surface area contributed by atoms with Crippen LogP contribution in [0.25, 0.3) is 0 Å². The molecule has 0 aliphatic rings. The zero-order chi connectivity index (χ0) is 30.7. The Hall–Kier alpha value is -3.71. The summed E-state index contributed by atoms with van der Waals surface area (Å²) in [5.74, 6) is -5.27. The van der Waals surface area contributed by atoms with Gasteiger partial charge in [-0.25, -0.2) is 9.18 Å². The van der Waals surface area contributed by atoms with E-state index < -0.39 is 60.1 Å². The van der Waals surface area contributed by atoms with Crippen LogP contribution in [-0.2, 0) is 31.4 Å². The first-order valence-electron chi connectivity index (χ1n) is 12.0. The van der Waals surface area contributed by atoms with Crippen molar-refractivity contribution >= 4 is 46.9 Å². The van der Waals surface area contributed by atoms with Crippen molar-refractivity contribution in [2.45, 2.75) is 38.7 Å². The molecule has 0 saturated carbocycles. The second-order valence-electron chi connectivity index (χ2n) is 8.82.